The molecule has 1 aromatic heterocycles. The average Bonchev–Trinajstić information content (AvgIpc) is 2.92. The Labute approximate surface area is 170 Å². The second-order valence-corrected chi connectivity index (χ2v) is 7.77. The van der Waals surface area contributed by atoms with Gasteiger partial charge in [0.15, 0.2) is 0 Å². The van der Waals surface area contributed by atoms with Crippen LogP contribution in [0.15, 0.2) is 36.4 Å². The van der Waals surface area contributed by atoms with Crippen molar-refractivity contribution in [2.24, 2.45) is 0 Å². The normalized spacial score (nSPS) is 12.1. The summed E-state index contributed by atoms with van der Waals surface area (Å²) in [6, 6.07) is 10.5. The van der Waals surface area contributed by atoms with Gasteiger partial charge in [0.2, 0.25) is 0 Å². The summed E-state index contributed by atoms with van der Waals surface area (Å²) >= 11 is 0. The zero-order valence-corrected chi connectivity index (χ0v) is 17.6. The van der Waals surface area contributed by atoms with Gasteiger partial charge in [-0.3, -0.25) is 20.4 Å². The number of alkyl carbamates (subject to hydrolysis) is 1. The molecule has 0 aliphatic rings. The van der Waals surface area contributed by atoms with Crippen molar-refractivity contribution in [3.05, 3.63) is 53.3 Å². The van der Waals surface area contributed by atoms with Crippen molar-refractivity contribution < 1.29 is 19.1 Å². The van der Waals surface area contributed by atoms with Crippen LogP contribution < -0.4 is 16.2 Å². The van der Waals surface area contributed by atoms with Crippen LogP contribution in [0.1, 0.15) is 49.4 Å². The number of benzene rings is 1. The molecule has 1 unspecified atom stereocenters. The lowest BCUT2D eigenvalue weighted by Gasteiger charge is -2.21. The number of hydrazine groups is 1. The van der Waals surface area contributed by atoms with E-state index in [0.717, 1.165) is 17.1 Å². The van der Waals surface area contributed by atoms with Crippen LogP contribution in [0, 0.1) is 13.8 Å². The molecular formula is C21H28N4O4. The number of amides is 3. The van der Waals surface area contributed by atoms with Gasteiger partial charge in [-0.2, -0.15) is 0 Å². The maximum Gasteiger partial charge on any atom is 0.408 e. The van der Waals surface area contributed by atoms with E-state index in [9.17, 15) is 14.4 Å². The summed E-state index contributed by atoms with van der Waals surface area (Å²) in [4.78, 5) is 36.5. The Kier molecular flexibility index (Phi) is 6.68. The van der Waals surface area contributed by atoms with Crippen LogP contribution in [0.25, 0.3) is 5.69 Å². The Balaban J connectivity index is 1.99. The number of carbonyl (C=O) groups is 3. The molecule has 0 saturated heterocycles. The Morgan fingerprint density at radius 2 is 1.66 bits per heavy atom. The predicted molar refractivity (Wildman–Crippen MR) is 110 cm³/mol. The summed E-state index contributed by atoms with van der Waals surface area (Å²) in [6.45, 7) is 10.4. The number of rotatable bonds is 4. The average molecular weight is 400 g/mol. The molecule has 0 saturated carbocycles. The van der Waals surface area contributed by atoms with Crippen molar-refractivity contribution in [2.45, 2.75) is 53.2 Å². The monoisotopic (exact) mass is 400 g/mol. The number of nitrogens with zero attached hydrogens (tertiary/aromatic N) is 1. The minimum atomic E-state index is -0.887. The number of hydrogen-bond donors (Lipinski definition) is 3. The number of carbonyl (C=O) groups excluding carboxylic acids is 3. The Bertz CT molecular complexity index is 897. The van der Waals surface area contributed by atoms with Gasteiger partial charge in [-0.1, -0.05) is 18.2 Å². The maximum atomic E-state index is 12.5. The molecule has 3 N–H and O–H groups in total. The summed E-state index contributed by atoms with van der Waals surface area (Å²) in [5.74, 6) is -1.01. The van der Waals surface area contributed by atoms with Crippen molar-refractivity contribution in [2.75, 3.05) is 0 Å². The second-order valence-electron chi connectivity index (χ2n) is 7.77. The molecule has 0 aliphatic carbocycles. The molecule has 1 atom stereocenters. The van der Waals surface area contributed by atoms with Crippen LogP contribution in [0.5, 0.6) is 0 Å². The molecule has 1 heterocycles. The molecule has 0 radical (unpaired) electrons. The van der Waals surface area contributed by atoms with Crippen LogP contribution in [0.4, 0.5) is 4.79 Å². The first kappa shape index (κ1) is 22.0. The molecule has 8 nitrogen and oxygen atoms in total. The number of nitrogens with one attached hydrogen (secondary N) is 3. The van der Waals surface area contributed by atoms with Crippen molar-refractivity contribution in [3.63, 3.8) is 0 Å². The minimum absolute atomic E-state index is 0.444. The lowest BCUT2D eigenvalue weighted by Crippen LogP contribution is -2.51. The highest BCUT2D eigenvalue weighted by atomic mass is 16.6. The van der Waals surface area contributed by atoms with Gasteiger partial charge in [0, 0.05) is 17.1 Å². The van der Waals surface area contributed by atoms with E-state index >= 15 is 0 Å². The Morgan fingerprint density at radius 3 is 2.24 bits per heavy atom. The minimum Gasteiger partial charge on any atom is -0.444 e. The molecule has 2 aromatic rings. The molecule has 8 heteroatoms. The van der Waals surface area contributed by atoms with Crippen LogP contribution >= 0.6 is 0 Å². The van der Waals surface area contributed by atoms with Gasteiger partial charge < -0.3 is 14.6 Å². The van der Waals surface area contributed by atoms with Crippen LogP contribution in [-0.2, 0) is 9.53 Å². The topological polar surface area (TPSA) is 101 Å². The van der Waals surface area contributed by atoms with E-state index in [4.69, 9.17) is 4.74 Å². The molecule has 0 spiro atoms. The first-order chi connectivity index (χ1) is 13.5. The summed E-state index contributed by atoms with van der Waals surface area (Å²) in [7, 11) is 0. The third kappa shape index (κ3) is 5.84. The Hall–Kier alpha value is -3.29. The number of para-hydroxylation sites is 1. The third-order valence-electron chi connectivity index (χ3n) is 4.12. The highest BCUT2D eigenvalue weighted by Gasteiger charge is 2.22. The zero-order valence-electron chi connectivity index (χ0n) is 17.6. The van der Waals surface area contributed by atoms with Crippen LogP contribution in [-0.4, -0.2) is 34.1 Å². The first-order valence-electron chi connectivity index (χ1n) is 9.33. The molecule has 0 fully saturated rings. The molecule has 3 amide bonds. The second kappa shape index (κ2) is 8.81. The lowest BCUT2D eigenvalue weighted by molar-refractivity contribution is -0.123. The van der Waals surface area contributed by atoms with Gasteiger partial charge >= 0.3 is 6.09 Å². The Morgan fingerprint density at radius 1 is 1.03 bits per heavy atom. The largest absolute Gasteiger partial charge is 0.444 e. The van der Waals surface area contributed by atoms with E-state index in [1.807, 2.05) is 48.7 Å². The zero-order chi connectivity index (χ0) is 21.8. The van der Waals surface area contributed by atoms with Gasteiger partial charge in [0.1, 0.15) is 11.6 Å². The van der Waals surface area contributed by atoms with Gasteiger partial charge in [-0.15, -0.1) is 0 Å². The van der Waals surface area contributed by atoms with Crippen molar-refractivity contribution in [1.82, 2.24) is 20.7 Å². The predicted octanol–water partition coefficient (Wildman–Crippen LogP) is 2.77. The van der Waals surface area contributed by atoms with Crippen molar-refractivity contribution >= 4 is 17.9 Å². The van der Waals surface area contributed by atoms with E-state index in [2.05, 4.69) is 16.2 Å². The van der Waals surface area contributed by atoms with Gasteiger partial charge in [-0.05, 0) is 59.7 Å². The highest BCUT2D eigenvalue weighted by Crippen LogP contribution is 2.20. The smallest absolute Gasteiger partial charge is 0.408 e. The first-order valence-corrected chi connectivity index (χ1v) is 9.33. The van der Waals surface area contributed by atoms with E-state index in [1.165, 1.54) is 6.92 Å². The van der Waals surface area contributed by atoms with Crippen LogP contribution in [0.2, 0.25) is 0 Å². The summed E-state index contributed by atoms with van der Waals surface area (Å²) < 4.78 is 7.07. The summed E-state index contributed by atoms with van der Waals surface area (Å²) in [5.41, 5.74) is 7.08. The van der Waals surface area contributed by atoms with Crippen molar-refractivity contribution in [1.29, 1.82) is 0 Å². The third-order valence-corrected chi connectivity index (χ3v) is 4.12. The molecule has 0 bridgehead atoms. The number of hydrogen-bond acceptors (Lipinski definition) is 4. The molecule has 156 valence electrons. The summed E-state index contributed by atoms with van der Waals surface area (Å²) in [5, 5.41) is 2.42. The van der Waals surface area contributed by atoms with Crippen molar-refractivity contribution in [3.8, 4) is 5.69 Å². The molecule has 0 aliphatic heterocycles. The SMILES string of the molecule is Cc1cc(C(=O)NNC(=O)C(C)NC(=O)OC(C)(C)C)c(C)n1-c1ccccc1. The van der Waals surface area contributed by atoms with E-state index < -0.39 is 29.6 Å². The number of aromatic nitrogens is 1. The standard InChI is InChI=1S/C21H28N4O4/c1-13-12-17(15(3)25(13)16-10-8-7-9-11-16)19(27)24-23-18(26)14(2)22-20(28)29-21(4,5)6/h7-12,14H,1-6H3,(H,22,28)(H,23,26)(H,24,27). The quantitative estimate of drug-likeness (QED) is 0.687. The summed E-state index contributed by atoms with van der Waals surface area (Å²) in [6.07, 6.45) is -0.710. The van der Waals surface area contributed by atoms with E-state index in [1.54, 1.807) is 26.8 Å². The lowest BCUT2D eigenvalue weighted by atomic mass is 10.2. The fourth-order valence-corrected chi connectivity index (χ4v) is 2.81. The molecular weight excluding hydrogens is 372 g/mol. The van der Waals surface area contributed by atoms with Gasteiger partial charge in [-0.25, -0.2) is 4.79 Å². The van der Waals surface area contributed by atoms with E-state index in [0.29, 0.717) is 5.56 Å². The number of ether oxygens (including phenoxy) is 1. The van der Waals surface area contributed by atoms with Crippen LogP contribution in [0.3, 0.4) is 0 Å². The highest BCUT2D eigenvalue weighted by molar-refractivity contribution is 5.97. The molecule has 2 rings (SSSR count). The molecule has 29 heavy (non-hydrogen) atoms. The maximum absolute atomic E-state index is 12.5. The van der Waals surface area contributed by atoms with Gasteiger partial charge in [0.25, 0.3) is 11.8 Å². The fraction of sp³-hybridized carbons (Fsp3) is 0.381. The van der Waals surface area contributed by atoms with E-state index in [-0.39, 0.29) is 0 Å². The fourth-order valence-electron chi connectivity index (χ4n) is 2.81. The number of aryl methyl sites for hydroxylation is 1. The van der Waals surface area contributed by atoms with Gasteiger partial charge in [0.05, 0.1) is 5.56 Å². The molecule has 1 aromatic carbocycles.